The van der Waals surface area contributed by atoms with E-state index >= 15 is 0 Å². The molecule has 7 rings (SSSR count). The first kappa shape index (κ1) is 41.7. The number of carbonyl (C=O) groups is 4. The molecule has 59 heavy (non-hydrogen) atoms. The highest BCUT2D eigenvalue weighted by molar-refractivity contribution is 6.34. The van der Waals surface area contributed by atoms with Gasteiger partial charge in [-0.05, 0) is 42.5 Å². The van der Waals surface area contributed by atoms with Gasteiger partial charge in [-0.2, -0.15) is 18.3 Å². The van der Waals surface area contributed by atoms with E-state index in [1.165, 1.54) is 35.3 Å². The number of anilines is 2. The lowest BCUT2D eigenvalue weighted by molar-refractivity contribution is -0.929. The number of halogens is 4. The Hall–Kier alpha value is -5.46. The maximum atomic E-state index is 14.0. The molecule has 2 aromatic carbocycles. The van der Waals surface area contributed by atoms with E-state index < -0.39 is 23.7 Å². The monoisotopic (exact) mass is 839 g/mol. The molecule has 2 aromatic heterocycles. The Bertz CT molecular complexity index is 2190. The van der Waals surface area contributed by atoms with Crippen LogP contribution >= 0.6 is 11.6 Å². The van der Waals surface area contributed by atoms with Crippen molar-refractivity contribution in [2.45, 2.75) is 25.4 Å². The average molecular weight is 840 g/mol. The summed E-state index contributed by atoms with van der Waals surface area (Å²) in [4.78, 5) is 63.9. The van der Waals surface area contributed by atoms with Crippen LogP contribution in [-0.4, -0.2) is 142 Å². The molecule has 3 aliphatic heterocycles. The molecule has 0 spiro atoms. The predicted molar refractivity (Wildman–Crippen MR) is 213 cm³/mol. The van der Waals surface area contributed by atoms with Crippen LogP contribution in [-0.2, 0) is 22.2 Å². The molecule has 15 nitrogen and oxygen atoms in total. The molecule has 314 valence electrons. The highest BCUT2D eigenvalue weighted by Crippen LogP contribution is 2.33. The van der Waals surface area contributed by atoms with Crippen molar-refractivity contribution in [2.24, 2.45) is 11.8 Å². The first-order chi connectivity index (χ1) is 28.1. The largest absolute Gasteiger partial charge is 0.477 e. The van der Waals surface area contributed by atoms with Gasteiger partial charge in [0.25, 0.3) is 11.8 Å². The summed E-state index contributed by atoms with van der Waals surface area (Å²) < 4.78 is 43.7. The maximum Gasteiger partial charge on any atom is 0.435 e. The lowest BCUT2D eigenvalue weighted by atomic mass is 9.90. The van der Waals surface area contributed by atoms with Crippen LogP contribution in [0.2, 0.25) is 5.02 Å². The Labute approximate surface area is 343 Å². The highest BCUT2D eigenvalue weighted by atomic mass is 35.5. The Balaban J connectivity index is 0.917. The van der Waals surface area contributed by atoms with Crippen molar-refractivity contribution in [3.8, 4) is 5.69 Å². The summed E-state index contributed by atoms with van der Waals surface area (Å²) in [6.45, 7) is 5.35. The van der Waals surface area contributed by atoms with Gasteiger partial charge in [0.1, 0.15) is 0 Å². The van der Waals surface area contributed by atoms with Crippen LogP contribution in [0.5, 0.6) is 0 Å². The number of carboxylic acids is 1. The van der Waals surface area contributed by atoms with Gasteiger partial charge in [0.15, 0.2) is 18.1 Å². The number of nitrogens with one attached hydrogen (secondary N) is 3. The van der Waals surface area contributed by atoms with Crippen molar-refractivity contribution in [3.05, 3.63) is 88.2 Å². The van der Waals surface area contributed by atoms with E-state index in [1.54, 1.807) is 34.1 Å². The van der Waals surface area contributed by atoms with Gasteiger partial charge in [-0.25, -0.2) is 14.5 Å². The SMILES string of the molecule is CN(C)c1ccc(-n2cc(Cc3cnc(C(=O)Nc4ccc(C(=O)N5CCN(C(=O)C6CC[N+](CC(=O)O)(CC7CNC7)CC6)CC5)c(Cl)c4)[nH]3)c(C(F)(F)F)n2)cc1. The standard InChI is InChI=1S/C40H46ClF3N10O5/c1-50(2)30-4-6-31(7-5-30)53-22-27(35(49-53)40(42,43)44)17-29-21-46-36(47-29)37(57)48-28-3-8-32(33(41)18-28)39(59)52-13-11-51(12-14-52)38(58)26-9-15-54(16-10-26,24-34(55)56)23-25-19-45-20-25/h3-8,18,21-22,25-26,45H,9-17,19-20,23-24H2,1-2H3,(H2-,46,47,48,55,56,57,59)/p+1. The zero-order chi connectivity index (χ0) is 42.1. The zero-order valence-corrected chi connectivity index (χ0v) is 33.5. The second kappa shape index (κ2) is 17.0. The molecule has 0 radical (unpaired) electrons. The number of alkyl halides is 3. The molecule has 4 aromatic rings. The van der Waals surface area contributed by atoms with E-state index in [2.05, 4.69) is 25.7 Å². The van der Waals surface area contributed by atoms with Crippen LogP contribution in [0, 0.1) is 11.8 Å². The van der Waals surface area contributed by atoms with Gasteiger partial charge in [-0.1, -0.05) is 11.6 Å². The van der Waals surface area contributed by atoms with Crippen molar-refractivity contribution in [1.29, 1.82) is 0 Å². The van der Waals surface area contributed by atoms with E-state index in [1.807, 2.05) is 19.0 Å². The number of quaternary nitrogens is 1. The quantitative estimate of drug-likeness (QED) is 0.154. The molecule has 3 amide bonds. The summed E-state index contributed by atoms with van der Waals surface area (Å²) in [6.07, 6.45) is -1.07. The van der Waals surface area contributed by atoms with E-state index in [0.29, 0.717) is 68.2 Å². The lowest BCUT2D eigenvalue weighted by Gasteiger charge is -2.46. The van der Waals surface area contributed by atoms with Gasteiger partial charge in [0.05, 0.1) is 35.9 Å². The fraction of sp³-hybridized carbons (Fsp3) is 0.450. The summed E-state index contributed by atoms with van der Waals surface area (Å²) in [5, 5.41) is 19.4. The van der Waals surface area contributed by atoms with E-state index in [-0.39, 0.29) is 64.1 Å². The zero-order valence-electron chi connectivity index (χ0n) is 32.8. The summed E-state index contributed by atoms with van der Waals surface area (Å²) in [5.74, 6) is -1.61. The fourth-order valence-electron chi connectivity index (χ4n) is 8.18. The molecule has 3 fully saturated rings. The first-order valence-electron chi connectivity index (χ1n) is 19.5. The topological polar surface area (TPSA) is 169 Å². The third-order valence-corrected chi connectivity index (χ3v) is 11.8. The number of nitrogens with zero attached hydrogens (tertiary/aromatic N) is 7. The normalized spacial score (nSPS) is 19.9. The second-order valence-electron chi connectivity index (χ2n) is 15.9. The number of aromatic amines is 1. The molecular weight excluding hydrogens is 793 g/mol. The van der Waals surface area contributed by atoms with Gasteiger partial charge in [0.2, 0.25) is 5.91 Å². The molecule has 4 N–H and O–H groups in total. The smallest absolute Gasteiger partial charge is 0.435 e. The number of amides is 3. The van der Waals surface area contributed by atoms with Gasteiger partial charge in [-0.3, -0.25) is 14.4 Å². The Morgan fingerprint density at radius 1 is 1.00 bits per heavy atom. The number of carbonyl (C=O) groups excluding carboxylic acids is 3. The number of carboxylic acid groups (broad SMARTS) is 1. The van der Waals surface area contributed by atoms with Gasteiger partial charge >= 0.3 is 12.1 Å². The summed E-state index contributed by atoms with van der Waals surface area (Å²) in [5.41, 5.74) is 0.934. The van der Waals surface area contributed by atoms with Gasteiger partial charge in [0, 0.05) is 119 Å². The third kappa shape index (κ3) is 9.55. The van der Waals surface area contributed by atoms with E-state index in [0.717, 1.165) is 25.3 Å². The van der Waals surface area contributed by atoms with Crippen LogP contribution < -0.4 is 15.5 Å². The number of imidazole rings is 1. The van der Waals surface area contributed by atoms with Crippen molar-refractivity contribution < 1.29 is 41.9 Å². The fourth-order valence-corrected chi connectivity index (χ4v) is 8.44. The number of likely N-dealkylation sites (tertiary alicyclic amines) is 1. The number of aliphatic carboxylic acids is 1. The molecule has 0 atom stereocenters. The van der Waals surface area contributed by atoms with Crippen LogP contribution in [0.25, 0.3) is 5.69 Å². The summed E-state index contributed by atoms with van der Waals surface area (Å²) in [7, 11) is 3.71. The van der Waals surface area contributed by atoms with Crippen LogP contribution in [0.3, 0.4) is 0 Å². The summed E-state index contributed by atoms with van der Waals surface area (Å²) in [6, 6.07) is 11.3. The minimum atomic E-state index is -4.71. The van der Waals surface area contributed by atoms with Gasteiger partial charge < -0.3 is 39.9 Å². The molecular formula is C40H47ClF3N10O5+. The number of benzene rings is 2. The summed E-state index contributed by atoms with van der Waals surface area (Å²) >= 11 is 6.54. The van der Waals surface area contributed by atoms with Crippen molar-refractivity contribution >= 4 is 46.7 Å². The molecule has 0 aliphatic carbocycles. The number of rotatable bonds is 12. The average Bonchev–Trinajstić information content (AvgIpc) is 3.84. The minimum Gasteiger partial charge on any atom is -0.477 e. The number of hydrogen-bond donors (Lipinski definition) is 4. The van der Waals surface area contributed by atoms with Crippen molar-refractivity contribution in [2.75, 3.05) is 89.8 Å². The van der Waals surface area contributed by atoms with Crippen molar-refractivity contribution in [1.82, 2.24) is 34.9 Å². The number of H-pyrrole nitrogens is 1. The minimum absolute atomic E-state index is 0.0430. The van der Waals surface area contributed by atoms with Gasteiger partial charge in [-0.15, -0.1) is 0 Å². The second-order valence-corrected chi connectivity index (χ2v) is 16.3. The maximum absolute atomic E-state index is 14.0. The molecule has 0 saturated carbocycles. The number of piperidine rings is 1. The molecule has 19 heteroatoms. The third-order valence-electron chi connectivity index (χ3n) is 11.5. The number of aromatic nitrogens is 4. The first-order valence-corrected chi connectivity index (χ1v) is 19.9. The Morgan fingerprint density at radius 2 is 1.68 bits per heavy atom. The molecule has 0 bridgehead atoms. The van der Waals surface area contributed by atoms with Crippen LogP contribution in [0.1, 0.15) is 50.8 Å². The van der Waals surface area contributed by atoms with Crippen LogP contribution in [0.15, 0.2) is 54.9 Å². The Morgan fingerprint density at radius 3 is 2.27 bits per heavy atom. The molecule has 3 saturated heterocycles. The molecule has 5 heterocycles. The lowest BCUT2D eigenvalue weighted by Crippen LogP contribution is -2.62. The van der Waals surface area contributed by atoms with Crippen LogP contribution in [0.4, 0.5) is 24.5 Å². The van der Waals surface area contributed by atoms with E-state index in [9.17, 15) is 37.5 Å². The highest BCUT2D eigenvalue weighted by Gasteiger charge is 2.42. The number of piperazine rings is 1. The van der Waals surface area contributed by atoms with Crippen molar-refractivity contribution in [3.63, 3.8) is 0 Å². The molecule has 0 unspecified atom stereocenters. The predicted octanol–water partition coefficient (Wildman–Crippen LogP) is 3.99. The van der Waals surface area contributed by atoms with E-state index in [4.69, 9.17) is 11.6 Å². The Kier molecular flexibility index (Phi) is 12.0. The number of hydrogen-bond acceptors (Lipinski definition) is 8. The molecule has 3 aliphatic rings.